The van der Waals surface area contributed by atoms with Gasteiger partial charge in [0.15, 0.2) is 0 Å². The van der Waals surface area contributed by atoms with Gasteiger partial charge in [-0.15, -0.1) is 0 Å². The first-order chi connectivity index (χ1) is 10.4. The number of nitrogens with one attached hydrogen (secondary N) is 1. The summed E-state index contributed by atoms with van der Waals surface area (Å²) >= 11 is 0. The van der Waals surface area contributed by atoms with Gasteiger partial charge >= 0.3 is 6.09 Å². The highest BCUT2D eigenvalue weighted by Gasteiger charge is 2.38. The first-order valence-corrected chi connectivity index (χ1v) is 8.45. The van der Waals surface area contributed by atoms with Crippen LogP contribution in [0.5, 0.6) is 0 Å². The largest absolute Gasteiger partial charge is 0.444 e. The van der Waals surface area contributed by atoms with E-state index in [1.165, 1.54) is 12.8 Å². The summed E-state index contributed by atoms with van der Waals surface area (Å²) in [5.41, 5.74) is 5.52. The summed E-state index contributed by atoms with van der Waals surface area (Å²) in [6.45, 7) is 8.52. The fourth-order valence-corrected chi connectivity index (χ4v) is 3.48. The maximum absolute atomic E-state index is 11.7. The zero-order valence-electron chi connectivity index (χ0n) is 14.1. The number of amides is 1. The molecule has 0 aromatic rings. The van der Waals surface area contributed by atoms with Crippen molar-refractivity contribution in [1.82, 2.24) is 10.2 Å². The third-order valence-electron chi connectivity index (χ3n) is 4.41. The van der Waals surface area contributed by atoms with E-state index in [0.717, 1.165) is 26.0 Å². The van der Waals surface area contributed by atoms with Gasteiger partial charge in [-0.05, 0) is 46.5 Å². The minimum atomic E-state index is -0.460. The monoisotopic (exact) mass is 313 g/mol. The number of morpholine rings is 1. The molecule has 3 unspecified atom stereocenters. The molecule has 0 radical (unpaired) electrons. The molecule has 0 aromatic heterocycles. The van der Waals surface area contributed by atoms with Crippen molar-refractivity contribution in [2.45, 2.75) is 70.2 Å². The van der Waals surface area contributed by atoms with Crippen molar-refractivity contribution in [3.8, 4) is 0 Å². The Balaban J connectivity index is 1.78. The van der Waals surface area contributed by atoms with E-state index < -0.39 is 5.60 Å². The van der Waals surface area contributed by atoms with Crippen LogP contribution < -0.4 is 11.1 Å². The Morgan fingerprint density at radius 3 is 2.91 bits per heavy atom. The van der Waals surface area contributed by atoms with Crippen LogP contribution in [0.15, 0.2) is 0 Å². The second-order valence-corrected chi connectivity index (χ2v) is 7.25. The van der Waals surface area contributed by atoms with Crippen molar-refractivity contribution in [1.29, 1.82) is 0 Å². The molecule has 22 heavy (non-hydrogen) atoms. The van der Waals surface area contributed by atoms with Crippen LogP contribution in [0.1, 0.15) is 46.5 Å². The molecule has 2 fully saturated rings. The molecule has 0 aromatic carbocycles. The Bertz CT molecular complexity index is 370. The first-order valence-electron chi connectivity index (χ1n) is 8.45. The highest BCUT2D eigenvalue weighted by Crippen LogP contribution is 2.31. The average Bonchev–Trinajstić information content (AvgIpc) is 2.90. The maximum Gasteiger partial charge on any atom is 0.407 e. The van der Waals surface area contributed by atoms with E-state index in [2.05, 4.69) is 10.2 Å². The number of hydrogen-bond donors (Lipinski definition) is 2. The molecular weight excluding hydrogens is 282 g/mol. The molecule has 1 aliphatic carbocycles. The molecule has 0 bridgehead atoms. The van der Waals surface area contributed by atoms with E-state index in [9.17, 15) is 4.79 Å². The molecule has 1 amide bonds. The van der Waals surface area contributed by atoms with Crippen LogP contribution in [0, 0.1) is 0 Å². The van der Waals surface area contributed by atoms with Gasteiger partial charge in [0.05, 0.1) is 12.7 Å². The zero-order chi connectivity index (χ0) is 16.2. The van der Waals surface area contributed by atoms with Gasteiger partial charge < -0.3 is 20.5 Å². The lowest BCUT2D eigenvalue weighted by molar-refractivity contribution is -0.0713. The van der Waals surface area contributed by atoms with E-state index in [0.29, 0.717) is 31.3 Å². The summed E-state index contributed by atoms with van der Waals surface area (Å²) in [6, 6.07) is 0.799. The molecule has 6 heteroatoms. The zero-order valence-corrected chi connectivity index (χ0v) is 14.1. The molecule has 3 N–H and O–H groups in total. The van der Waals surface area contributed by atoms with E-state index in [1.807, 2.05) is 20.8 Å². The van der Waals surface area contributed by atoms with E-state index in [4.69, 9.17) is 15.2 Å². The molecule has 0 spiro atoms. The second kappa shape index (κ2) is 7.62. The maximum atomic E-state index is 11.7. The molecule has 3 atom stereocenters. The summed E-state index contributed by atoms with van der Waals surface area (Å²) < 4.78 is 11.1. The fourth-order valence-electron chi connectivity index (χ4n) is 3.48. The Labute approximate surface area is 133 Å². The fraction of sp³-hybridized carbons (Fsp3) is 0.938. The lowest BCUT2D eigenvalue weighted by Crippen LogP contribution is -2.55. The topological polar surface area (TPSA) is 76.8 Å². The van der Waals surface area contributed by atoms with E-state index >= 15 is 0 Å². The normalized spacial score (nSPS) is 27.3. The molecule has 1 heterocycles. The molecular formula is C16H31N3O3. The van der Waals surface area contributed by atoms with Gasteiger partial charge in [-0.3, -0.25) is 4.90 Å². The molecule has 2 aliphatic rings. The molecule has 2 rings (SSSR count). The van der Waals surface area contributed by atoms with Crippen LogP contribution in [0.3, 0.4) is 0 Å². The number of ether oxygens (including phenoxy) is 2. The van der Waals surface area contributed by atoms with Gasteiger partial charge in [0.25, 0.3) is 0 Å². The van der Waals surface area contributed by atoms with Crippen molar-refractivity contribution < 1.29 is 14.3 Å². The second-order valence-electron chi connectivity index (χ2n) is 7.25. The molecule has 1 aliphatic heterocycles. The highest BCUT2D eigenvalue weighted by atomic mass is 16.6. The number of carbonyl (C=O) groups is 1. The Hall–Kier alpha value is -0.850. The minimum absolute atomic E-state index is 0.296. The Kier molecular flexibility index (Phi) is 6.06. The van der Waals surface area contributed by atoms with E-state index in [-0.39, 0.29) is 6.09 Å². The predicted octanol–water partition coefficient (Wildman–Crippen LogP) is 1.48. The predicted molar refractivity (Wildman–Crippen MR) is 85.8 cm³/mol. The summed E-state index contributed by atoms with van der Waals surface area (Å²) in [5, 5.41) is 2.83. The number of hydrogen-bond acceptors (Lipinski definition) is 5. The first kappa shape index (κ1) is 17.5. The van der Waals surface area contributed by atoms with Crippen molar-refractivity contribution in [3.05, 3.63) is 0 Å². The molecule has 1 saturated carbocycles. The van der Waals surface area contributed by atoms with Crippen molar-refractivity contribution in [2.75, 3.05) is 26.2 Å². The number of carbonyl (C=O) groups excluding carboxylic acids is 1. The Morgan fingerprint density at radius 2 is 2.23 bits per heavy atom. The van der Waals surface area contributed by atoms with Crippen molar-refractivity contribution in [2.24, 2.45) is 5.73 Å². The quantitative estimate of drug-likeness (QED) is 0.804. The van der Waals surface area contributed by atoms with Gasteiger partial charge in [0.2, 0.25) is 0 Å². The van der Waals surface area contributed by atoms with Crippen LogP contribution in [0.4, 0.5) is 4.79 Å². The number of fused-ring (bicyclic) bond motifs is 1. The average molecular weight is 313 g/mol. The van der Waals surface area contributed by atoms with E-state index in [1.54, 1.807) is 0 Å². The minimum Gasteiger partial charge on any atom is -0.444 e. The molecule has 1 saturated heterocycles. The third kappa shape index (κ3) is 4.83. The summed E-state index contributed by atoms with van der Waals surface area (Å²) in [7, 11) is 0. The number of nitrogens with zero attached hydrogens (tertiary/aromatic N) is 1. The SMILES string of the molecule is CC(C)(C)OC(=O)NCCC(CN)N1CCOC2CCCC21. The summed E-state index contributed by atoms with van der Waals surface area (Å²) in [6.07, 6.45) is 4.46. The van der Waals surface area contributed by atoms with Gasteiger partial charge in [-0.25, -0.2) is 4.79 Å². The highest BCUT2D eigenvalue weighted by molar-refractivity contribution is 5.67. The van der Waals surface area contributed by atoms with Crippen LogP contribution in [0.25, 0.3) is 0 Å². The van der Waals surface area contributed by atoms with Crippen molar-refractivity contribution in [3.63, 3.8) is 0 Å². The van der Waals surface area contributed by atoms with Gasteiger partial charge in [-0.1, -0.05) is 0 Å². The van der Waals surface area contributed by atoms with Gasteiger partial charge in [0, 0.05) is 31.7 Å². The van der Waals surface area contributed by atoms with Crippen LogP contribution in [0.2, 0.25) is 0 Å². The number of rotatable bonds is 5. The smallest absolute Gasteiger partial charge is 0.407 e. The van der Waals surface area contributed by atoms with Gasteiger partial charge in [-0.2, -0.15) is 0 Å². The van der Waals surface area contributed by atoms with Crippen LogP contribution in [-0.2, 0) is 9.47 Å². The number of alkyl carbamates (subject to hydrolysis) is 1. The molecule has 6 nitrogen and oxygen atoms in total. The summed E-state index contributed by atoms with van der Waals surface area (Å²) in [5.74, 6) is 0. The van der Waals surface area contributed by atoms with Crippen LogP contribution in [-0.4, -0.2) is 61.0 Å². The standard InChI is InChI=1S/C16H31N3O3/c1-16(2,3)22-15(20)18-8-7-12(11-17)19-9-10-21-14-6-4-5-13(14)19/h12-14H,4-11,17H2,1-3H3,(H,18,20). The van der Waals surface area contributed by atoms with Crippen LogP contribution >= 0.6 is 0 Å². The number of nitrogens with two attached hydrogens (primary N) is 1. The van der Waals surface area contributed by atoms with Gasteiger partial charge in [0.1, 0.15) is 5.60 Å². The molecule has 128 valence electrons. The lowest BCUT2D eigenvalue weighted by atomic mass is 10.0. The third-order valence-corrected chi connectivity index (χ3v) is 4.41. The Morgan fingerprint density at radius 1 is 1.45 bits per heavy atom. The summed E-state index contributed by atoms with van der Waals surface area (Å²) in [4.78, 5) is 14.2. The van der Waals surface area contributed by atoms with Crippen molar-refractivity contribution >= 4 is 6.09 Å². The lowest BCUT2D eigenvalue weighted by Gasteiger charge is -2.42.